The van der Waals surface area contributed by atoms with Crippen LogP contribution in [-0.2, 0) is 13.5 Å². The molecule has 3 heterocycles. The smallest absolute Gasteiger partial charge is 0.225 e. The van der Waals surface area contributed by atoms with Gasteiger partial charge in [0.25, 0.3) is 0 Å². The molecule has 1 N–H and O–H groups in total. The molecule has 3 rings (SSSR count). The third-order valence-electron chi connectivity index (χ3n) is 3.25. The molecule has 3 aromatic heterocycles. The van der Waals surface area contributed by atoms with E-state index in [2.05, 4.69) is 38.5 Å². The van der Waals surface area contributed by atoms with E-state index < -0.39 is 0 Å². The Morgan fingerprint density at radius 1 is 1.43 bits per heavy atom. The van der Waals surface area contributed by atoms with E-state index in [1.54, 1.807) is 17.7 Å². The first-order valence-corrected chi connectivity index (χ1v) is 7.84. The highest BCUT2D eigenvalue weighted by Crippen LogP contribution is 2.31. The van der Waals surface area contributed by atoms with Crippen LogP contribution >= 0.6 is 22.9 Å². The number of nitrogens with zero attached hydrogens (tertiary/aromatic N) is 5. The normalized spacial score (nSPS) is 12.8. The van der Waals surface area contributed by atoms with Crippen LogP contribution in [0.4, 0.5) is 5.82 Å². The molecule has 0 fully saturated rings. The zero-order valence-corrected chi connectivity index (χ0v) is 13.5. The first-order chi connectivity index (χ1) is 10.1. The highest BCUT2D eigenvalue weighted by Gasteiger charge is 2.16. The lowest BCUT2D eigenvalue weighted by Gasteiger charge is -2.14. The Morgan fingerprint density at radius 2 is 2.24 bits per heavy atom. The van der Waals surface area contributed by atoms with Crippen molar-refractivity contribution in [3.05, 3.63) is 28.4 Å². The van der Waals surface area contributed by atoms with Crippen LogP contribution in [0.3, 0.4) is 0 Å². The molecule has 0 amide bonds. The van der Waals surface area contributed by atoms with Crippen molar-refractivity contribution in [2.24, 2.45) is 7.05 Å². The number of halogens is 1. The van der Waals surface area contributed by atoms with Crippen LogP contribution in [0.2, 0.25) is 5.28 Å². The van der Waals surface area contributed by atoms with Crippen LogP contribution < -0.4 is 5.32 Å². The maximum Gasteiger partial charge on any atom is 0.225 e. The standard InChI is InChI=1S/C13H15ClN6S/c1-4-8-5-9-10(17-13(14)18-12(9)21-8)16-7(2)11-19-15-6-20(11)3/h5-7H,4H2,1-3H3,(H,16,17,18). The van der Waals surface area contributed by atoms with E-state index in [0.717, 1.165) is 28.3 Å². The molecule has 8 heteroatoms. The first-order valence-electron chi connectivity index (χ1n) is 6.65. The van der Waals surface area contributed by atoms with E-state index in [-0.39, 0.29) is 11.3 Å². The number of nitrogens with one attached hydrogen (secondary N) is 1. The van der Waals surface area contributed by atoms with E-state index in [0.29, 0.717) is 0 Å². The summed E-state index contributed by atoms with van der Waals surface area (Å²) in [5, 5.41) is 12.6. The Bertz CT molecular complexity index is 780. The number of aromatic nitrogens is 5. The molecule has 0 aliphatic carbocycles. The second-order valence-corrected chi connectivity index (χ2v) is 6.25. The van der Waals surface area contributed by atoms with Gasteiger partial charge in [0.1, 0.15) is 17.0 Å². The van der Waals surface area contributed by atoms with Crippen molar-refractivity contribution in [2.45, 2.75) is 26.3 Å². The number of fused-ring (bicyclic) bond motifs is 1. The zero-order valence-electron chi connectivity index (χ0n) is 12.0. The third-order valence-corrected chi connectivity index (χ3v) is 4.59. The molecule has 0 aromatic carbocycles. The van der Waals surface area contributed by atoms with Gasteiger partial charge < -0.3 is 9.88 Å². The topological polar surface area (TPSA) is 68.5 Å². The Kier molecular flexibility index (Phi) is 3.77. The van der Waals surface area contributed by atoms with Gasteiger partial charge in [-0.25, -0.2) is 9.97 Å². The molecule has 110 valence electrons. The molecule has 0 spiro atoms. The molecule has 1 atom stereocenters. The number of thiophene rings is 1. The highest BCUT2D eigenvalue weighted by molar-refractivity contribution is 7.18. The predicted molar refractivity (Wildman–Crippen MR) is 84.8 cm³/mol. The predicted octanol–water partition coefficient (Wildman–Crippen LogP) is 3.21. The van der Waals surface area contributed by atoms with E-state index >= 15 is 0 Å². The van der Waals surface area contributed by atoms with Crippen molar-refractivity contribution >= 4 is 39.0 Å². The average molecular weight is 323 g/mol. The number of aryl methyl sites for hydroxylation is 2. The van der Waals surface area contributed by atoms with Crippen molar-refractivity contribution in [2.75, 3.05) is 5.32 Å². The lowest BCUT2D eigenvalue weighted by molar-refractivity contribution is 0.717. The Balaban J connectivity index is 1.99. The van der Waals surface area contributed by atoms with Gasteiger partial charge in [-0.2, -0.15) is 0 Å². The number of anilines is 1. The second-order valence-electron chi connectivity index (χ2n) is 4.79. The number of hydrogen-bond acceptors (Lipinski definition) is 6. The Hall–Kier alpha value is -1.73. The van der Waals surface area contributed by atoms with Crippen molar-refractivity contribution in [3.63, 3.8) is 0 Å². The number of rotatable bonds is 4. The van der Waals surface area contributed by atoms with Gasteiger partial charge in [0.15, 0.2) is 5.82 Å². The summed E-state index contributed by atoms with van der Waals surface area (Å²) in [4.78, 5) is 10.8. The summed E-state index contributed by atoms with van der Waals surface area (Å²) < 4.78 is 1.88. The minimum Gasteiger partial charge on any atom is -0.360 e. The van der Waals surface area contributed by atoms with Crippen LogP contribution in [0.5, 0.6) is 0 Å². The van der Waals surface area contributed by atoms with Crippen molar-refractivity contribution in [3.8, 4) is 0 Å². The van der Waals surface area contributed by atoms with Crippen LogP contribution in [0, 0.1) is 0 Å². The van der Waals surface area contributed by atoms with Gasteiger partial charge in [-0.05, 0) is 31.0 Å². The molecule has 21 heavy (non-hydrogen) atoms. The molecule has 3 aromatic rings. The van der Waals surface area contributed by atoms with Crippen molar-refractivity contribution < 1.29 is 0 Å². The summed E-state index contributed by atoms with van der Waals surface area (Å²) in [6, 6.07) is 2.08. The second kappa shape index (κ2) is 5.57. The highest BCUT2D eigenvalue weighted by atomic mass is 35.5. The summed E-state index contributed by atoms with van der Waals surface area (Å²) in [5.41, 5.74) is 0. The average Bonchev–Trinajstić information content (AvgIpc) is 3.04. The maximum atomic E-state index is 6.03. The van der Waals surface area contributed by atoms with Crippen LogP contribution in [-0.4, -0.2) is 24.7 Å². The SMILES string of the molecule is CCc1cc2c(NC(C)c3nncn3C)nc(Cl)nc2s1. The van der Waals surface area contributed by atoms with Gasteiger partial charge in [-0.15, -0.1) is 21.5 Å². The summed E-state index contributed by atoms with van der Waals surface area (Å²) >= 11 is 7.67. The minimum atomic E-state index is -0.0309. The maximum absolute atomic E-state index is 6.03. The van der Waals surface area contributed by atoms with E-state index in [1.807, 2.05) is 18.5 Å². The van der Waals surface area contributed by atoms with Gasteiger partial charge in [0.05, 0.1) is 11.4 Å². The van der Waals surface area contributed by atoms with E-state index in [1.165, 1.54) is 4.88 Å². The van der Waals surface area contributed by atoms with Gasteiger partial charge >= 0.3 is 0 Å². The molecular formula is C13H15ClN6S. The molecule has 0 bridgehead atoms. The molecule has 0 aliphatic rings. The van der Waals surface area contributed by atoms with Crippen molar-refractivity contribution in [1.29, 1.82) is 0 Å². The quantitative estimate of drug-likeness (QED) is 0.747. The Morgan fingerprint density at radius 3 is 2.90 bits per heavy atom. The summed E-state index contributed by atoms with van der Waals surface area (Å²) in [6.45, 7) is 4.13. The van der Waals surface area contributed by atoms with E-state index in [9.17, 15) is 0 Å². The van der Waals surface area contributed by atoms with Gasteiger partial charge in [0, 0.05) is 11.9 Å². The molecule has 0 radical (unpaired) electrons. The molecule has 0 aliphatic heterocycles. The lowest BCUT2D eigenvalue weighted by Crippen LogP contribution is -2.13. The fourth-order valence-corrected chi connectivity index (χ4v) is 3.37. The summed E-state index contributed by atoms with van der Waals surface area (Å²) in [6.07, 6.45) is 2.65. The molecular weight excluding hydrogens is 308 g/mol. The van der Waals surface area contributed by atoms with Crippen LogP contribution in [0.15, 0.2) is 12.4 Å². The molecule has 0 saturated carbocycles. The van der Waals surface area contributed by atoms with Gasteiger partial charge in [-0.1, -0.05) is 6.92 Å². The van der Waals surface area contributed by atoms with Gasteiger partial charge in [0.2, 0.25) is 5.28 Å². The van der Waals surface area contributed by atoms with Crippen LogP contribution in [0.1, 0.15) is 30.6 Å². The molecule has 0 saturated heterocycles. The Labute approximate surface area is 131 Å². The largest absolute Gasteiger partial charge is 0.360 e. The third kappa shape index (κ3) is 2.71. The van der Waals surface area contributed by atoms with Gasteiger partial charge in [-0.3, -0.25) is 0 Å². The zero-order chi connectivity index (χ0) is 15.0. The molecule has 6 nitrogen and oxygen atoms in total. The fraction of sp³-hybridized carbons (Fsp3) is 0.385. The minimum absolute atomic E-state index is 0.0309. The van der Waals surface area contributed by atoms with Crippen LogP contribution in [0.25, 0.3) is 10.2 Å². The fourth-order valence-electron chi connectivity index (χ4n) is 2.18. The first kappa shape index (κ1) is 14.2. The lowest BCUT2D eigenvalue weighted by atomic mass is 10.2. The summed E-state index contributed by atoms with van der Waals surface area (Å²) in [7, 11) is 1.91. The molecule has 1 unspecified atom stereocenters. The van der Waals surface area contributed by atoms with E-state index in [4.69, 9.17) is 11.6 Å². The van der Waals surface area contributed by atoms with Crippen molar-refractivity contribution in [1.82, 2.24) is 24.7 Å². The monoisotopic (exact) mass is 322 g/mol. The summed E-state index contributed by atoms with van der Waals surface area (Å²) in [5.74, 6) is 1.57. The number of hydrogen-bond donors (Lipinski definition) is 1.